The van der Waals surface area contributed by atoms with Crippen molar-refractivity contribution in [1.82, 2.24) is 10.7 Å². The van der Waals surface area contributed by atoms with Crippen LogP contribution in [0.3, 0.4) is 0 Å². The fourth-order valence-corrected chi connectivity index (χ4v) is 1.54. The summed E-state index contributed by atoms with van der Waals surface area (Å²) in [4.78, 5) is 22.8. The van der Waals surface area contributed by atoms with Gasteiger partial charge in [0.05, 0.1) is 19.9 Å². The van der Waals surface area contributed by atoms with Gasteiger partial charge in [0.1, 0.15) is 5.75 Å². The van der Waals surface area contributed by atoms with Crippen LogP contribution >= 0.6 is 11.6 Å². The van der Waals surface area contributed by atoms with Crippen LogP contribution in [0.25, 0.3) is 0 Å². The fourth-order valence-electron chi connectivity index (χ4n) is 1.36. The smallest absolute Gasteiger partial charge is 0.329 e. The lowest BCUT2D eigenvalue weighted by molar-refractivity contribution is -0.139. The molecule has 0 aliphatic heterocycles. The molecule has 0 atom stereocenters. The highest BCUT2D eigenvalue weighted by Gasteiger charge is 2.11. The largest absolute Gasteiger partial charge is 0.496 e. The third-order valence-corrected chi connectivity index (χ3v) is 2.59. The van der Waals surface area contributed by atoms with Crippen LogP contribution in [0.2, 0.25) is 5.02 Å². The number of amides is 2. The molecule has 7 nitrogen and oxygen atoms in total. The number of rotatable bonds is 6. The lowest BCUT2D eigenvalue weighted by Gasteiger charge is -2.05. The molecule has 0 aliphatic rings. The van der Waals surface area contributed by atoms with Gasteiger partial charge in [-0.25, -0.2) is 5.43 Å². The van der Waals surface area contributed by atoms with Crippen molar-refractivity contribution in [3.05, 3.63) is 28.8 Å². The maximum atomic E-state index is 11.4. The minimum atomic E-state index is -0.872. The Balaban J connectivity index is 2.56. The second-order valence-electron chi connectivity index (χ2n) is 3.83. The van der Waals surface area contributed by atoms with Crippen molar-refractivity contribution >= 4 is 29.6 Å². The summed E-state index contributed by atoms with van der Waals surface area (Å²) in [5.41, 5.74) is 2.68. The van der Waals surface area contributed by atoms with E-state index in [1.807, 2.05) is 0 Å². The van der Waals surface area contributed by atoms with E-state index in [9.17, 15) is 9.59 Å². The third kappa shape index (κ3) is 5.80. The zero-order chi connectivity index (χ0) is 15.7. The summed E-state index contributed by atoms with van der Waals surface area (Å²) >= 11 is 5.86. The third-order valence-electron chi connectivity index (χ3n) is 2.36. The van der Waals surface area contributed by atoms with Crippen LogP contribution in [-0.2, 0) is 14.3 Å². The van der Waals surface area contributed by atoms with Crippen molar-refractivity contribution in [3.8, 4) is 5.75 Å². The number of hydrazone groups is 1. The van der Waals surface area contributed by atoms with Crippen LogP contribution in [0.1, 0.15) is 5.56 Å². The van der Waals surface area contributed by atoms with Gasteiger partial charge in [-0.2, -0.15) is 5.10 Å². The molecule has 2 N–H and O–H groups in total. The van der Waals surface area contributed by atoms with Gasteiger partial charge in [-0.15, -0.1) is 0 Å². The molecule has 0 unspecified atom stereocenters. The Labute approximate surface area is 127 Å². The summed E-state index contributed by atoms with van der Waals surface area (Å²) < 4.78 is 9.86. The highest BCUT2D eigenvalue weighted by molar-refractivity contribution is 6.35. The van der Waals surface area contributed by atoms with Crippen LogP contribution in [0.4, 0.5) is 0 Å². The Morgan fingerprint density at radius 3 is 2.76 bits per heavy atom. The van der Waals surface area contributed by atoms with Crippen molar-refractivity contribution in [2.24, 2.45) is 5.10 Å². The number of hydrogen-bond donors (Lipinski definition) is 2. The standard InChI is InChI=1S/C13H16ClN3O4/c1-20-6-5-15-12(18)13(19)17-16-8-9-7-10(14)3-4-11(9)21-2/h3-4,7-8H,5-6H2,1-2H3,(H,15,18)(H,17,19)/b16-8-. The van der Waals surface area contributed by atoms with Crippen molar-refractivity contribution in [3.63, 3.8) is 0 Å². The summed E-state index contributed by atoms with van der Waals surface area (Å²) in [6, 6.07) is 4.96. The van der Waals surface area contributed by atoms with Crippen LogP contribution in [0, 0.1) is 0 Å². The zero-order valence-corrected chi connectivity index (χ0v) is 12.4. The maximum absolute atomic E-state index is 11.4. The average Bonchev–Trinajstić information content (AvgIpc) is 2.47. The molecule has 0 saturated carbocycles. The van der Waals surface area contributed by atoms with E-state index in [1.165, 1.54) is 20.4 Å². The van der Waals surface area contributed by atoms with Crippen LogP contribution < -0.4 is 15.5 Å². The summed E-state index contributed by atoms with van der Waals surface area (Å²) in [6.07, 6.45) is 1.34. The average molecular weight is 314 g/mol. The molecule has 114 valence electrons. The lowest BCUT2D eigenvalue weighted by atomic mass is 10.2. The number of halogens is 1. The first-order chi connectivity index (χ1) is 10.1. The molecule has 0 radical (unpaired) electrons. The van der Waals surface area contributed by atoms with E-state index in [0.29, 0.717) is 22.9 Å². The van der Waals surface area contributed by atoms with Gasteiger partial charge in [-0.1, -0.05) is 11.6 Å². The molecule has 1 aromatic carbocycles. The van der Waals surface area contributed by atoms with E-state index in [0.717, 1.165) is 0 Å². The second kappa shape index (κ2) is 8.93. The topological polar surface area (TPSA) is 89.0 Å². The fraction of sp³-hybridized carbons (Fsp3) is 0.308. The molecule has 0 heterocycles. The van der Waals surface area contributed by atoms with Crippen LogP contribution in [-0.4, -0.2) is 45.4 Å². The summed E-state index contributed by atoms with van der Waals surface area (Å²) in [5.74, 6) is -1.12. The molecule has 8 heteroatoms. The van der Waals surface area contributed by atoms with Gasteiger partial charge < -0.3 is 14.8 Å². The highest BCUT2D eigenvalue weighted by atomic mass is 35.5. The Morgan fingerprint density at radius 2 is 2.10 bits per heavy atom. The monoisotopic (exact) mass is 313 g/mol. The Kier molecular flexibility index (Phi) is 7.20. The van der Waals surface area contributed by atoms with Crippen molar-refractivity contribution < 1.29 is 19.1 Å². The molecule has 0 aromatic heterocycles. The Morgan fingerprint density at radius 1 is 1.33 bits per heavy atom. The van der Waals surface area contributed by atoms with Gasteiger partial charge in [0.25, 0.3) is 0 Å². The number of nitrogens with zero attached hydrogens (tertiary/aromatic N) is 1. The van der Waals surface area contributed by atoms with Gasteiger partial charge >= 0.3 is 11.8 Å². The number of carbonyl (C=O) groups is 2. The first-order valence-electron chi connectivity index (χ1n) is 6.02. The minimum Gasteiger partial charge on any atom is -0.496 e. The molecule has 0 aliphatic carbocycles. The predicted molar refractivity (Wildman–Crippen MR) is 78.6 cm³/mol. The molecule has 2 amide bonds. The first kappa shape index (κ1) is 16.9. The zero-order valence-electron chi connectivity index (χ0n) is 11.7. The molecular formula is C13H16ClN3O4. The number of carbonyl (C=O) groups excluding carboxylic acids is 2. The minimum absolute atomic E-state index is 0.245. The molecule has 0 fully saturated rings. The van der Waals surface area contributed by atoms with Gasteiger partial charge in [0, 0.05) is 24.2 Å². The molecule has 1 rings (SSSR count). The van der Waals surface area contributed by atoms with Crippen LogP contribution in [0.15, 0.2) is 23.3 Å². The molecule has 0 bridgehead atoms. The molecule has 0 spiro atoms. The number of hydrogen-bond acceptors (Lipinski definition) is 5. The van der Waals surface area contributed by atoms with Crippen LogP contribution in [0.5, 0.6) is 5.75 Å². The van der Waals surface area contributed by atoms with Gasteiger partial charge in [-0.05, 0) is 18.2 Å². The van der Waals surface area contributed by atoms with Gasteiger partial charge in [0.2, 0.25) is 0 Å². The number of nitrogens with one attached hydrogen (secondary N) is 2. The van der Waals surface area contributed by atoms with E-state index in [4.69, 9.17) is 21.1 Å². The molecule has 0 saturated heterocycles. The van der Waals surface area contributed by atoms with E-state index in [2.05, 4.69) is 15.8 Å². The Hall–Kier alpha value is -2.12. The Bertz CT molecular complexity index is 534. The van der Waals surface area contributed by atoms with Crippen molar-refractivity contribution in [2.45, 2.75) is 0 Å². The first-order valence-corrected chi connectivity index (χ1v) is 6.40. The van der Waals surface area contributed by atoms with Gasteiger partial charge in [-0.3, -0.25) is 9.59 Å². The quantitative estimate of drug-likeness (QED) is 0.348. The maximum Gasteiger partial charge on any atom is 0.329 e. The van der Waals surface area contributed by atoms with Crippen molar-refractivity contribution in [2.75, 3.05) is 27.4 Å². The highest BCUT2D eigenvalue weighted by Crippen LogP contribution is 2.20. The lowest BCUT2D eigenvalue weighted by Crippen LogP contribution is -2.39. The second-order valence-corrected chi connectivity index (χ2v) is 4.27. The SMILES string of the molecule is COCCNC(=O)C(=O)N/N=C\c1cc(Cl)ccc1OC. The number of benzene rings is 1. The van der Waals surface area contributed by atoms with E-state index in [1.54, 1.807) is 18.2 Å². The number of ether oxygens (including phenoxy) is 2. The summed E-state index contributed by atoms with van der Waals surface area (Å²) in [7, 11) is 3.00. The van der Waals surface area contributed by atoms with E-state index < -0.39 is 11.8 Å². The van der Waals surface area contributed by atoms with E-state index >= 15 is 0 Å². The summed E-state index contributed by atoms with van der Waals surface area (Å²) in [6.45, 7) is 0.566. The molecule has 21 heavy (non-hydrogen) atoms. The predicted octanol–water partition coefficient (Wildman–Crippen LogP) is 0.561. The number of methoxy groups -OCH3 is 2. The van der Waals surface area contributed by atoms with Crippen molar-refractivity contribution in [1.29, 1.82) is 0 Å². The summed E-state index contributed by atoms with van der Waals surface area (Å²) in [5, 5.41) is 6.55. The van der Waals surface area contributed by atoms with E-state index in [-0.39, 0.29) is 6.54 Å². The van der Waals surface area contributed by atoms with Gasteiger partial charge in [0.15, 0.2) is 0 Å². The molecule has 1 aromatic rings. The normalized spacial score (nSPS) is 10.4. The molecular weight excluding hydrogens is 298 g/mol.